The lowest BCUT2D eigenvalue weighted by Gasteiger charge is -2.35. The minimum Gasteiger partial charge on any atom is -0.388 e. The van der Waals surface area contributed by atoms with Crippen molar-refractivity contribution in [1.82, 2.24) is 9.97 Å². The predicted octanol–water partition coefficient (Wildman–Crippen LogP) is 2.40. The van der Waals surface area contributed by atoms with E-state index < -0.39 is 5.60 Å². The Bertz CT molecular complexity index is 501. The number of nitriles is 1. The van der Waals surface area contributed by atoms with E-state index in [1.165, 1.54) is 6.42 Å². The Morgan fingerprint density at radius 2 is 2.15 bits per heavy atom. The van der Waals surface area contributed by atoms with Gasteiger partial charge in [0.1, 0.15) is 11.8 Å². The average Bonchev–Trinajstić information content (AvgIpc) is 2.45. The van der Waals surface area contributed by atoms with Crippen molar-refractivity contribution in [2.75, 3.05) is 11.9 Å². The summed E-state index contributed by atoms with van der Waals surface area (Å²) in [4.78, 5) is 8.35. The second-order valence-electron chi connectivity index (χ2n) is 5.76. The molecule has 0 aromatic carbocycles. The molecule has 2 N–H and O–H groups in total. The number of aliphatic hydroxyl groups is 1. The van der Waals surface area contributed by atoms with Gasteiger partial charge in [-0.05, 0) is 44.6 Å². The summed E-state index contributed by atoms with van der Waals surface area (Å²) in [6.07, 6.45) is 4.97. The van der Waals surface area contributed by atoms with Crippen LogP contribution in [0.1, 0.15) is 50.4 Å². The minimum absolute atomic E-state index is 0.349. The summed E-state index contributed by atoms with van der Waals surface area (Å²) in [5.74, 6) is 1.17. The normalized spacial score (nSPS) is 26.0. The fourth-order valence-electron chi connectivity index (χ4n) is 2.75. The zero-order valence-electron chi connectivity index (χ0n) is 12.2. The van der Waals surface area contributed by atoms with Crippen LogP contribution < -0.4 is 5.32 Å². The molecule has 0 bridgehead atoms. The summed E-state index contributed by atoms with van der Waals surface area (Å²) in [6, 6.07) is 3.66. The fourth-order valence-corrected chi connectivity index (χ4v) is 2.75. The quantitative estimate of drug-likeness (QED) is 0.881. The summed E-state index contributed by atoms with van der Waals surface area (Å²) in [6.45, 7) is 4.48. The van der Waals surface area contributed by atoms with Gasteiger partial charge in [-0.25, -0.2) is 9.97 Å². The standard InChI is InChI=1S/C15H22N4O/c1-3-12-4-6-15(20,7-5-12)10-17-14-18-11(2)8-13(9-16)19-14/h8,12,20H,3-7,10H2,1-2H3,(H,17,18,19). The van der Waals surface area contributed by atoms with Crippen LogP contribution in [0, 0.1) is 24.2 Å². The number of aromatic nitrogens is 2. The SMILES string of the molecule is CCC1CCC(O)(CNc2nc(C)cc(C#N)n2)CC1. The van der Waals surface area contributed by atoms with E-state index in [4.69, 9.17) is 5.26 Å². The first-order valence-electron chi connectivity index (χ1n) is 7.27. The number of hydrogen-bond donors (Lipinski definition) is 2. The first-order chi connectivity index (χ1) is 9.54. The van der Waals surface area contributed by atoms with Crippen molar-refractivity contribution in [3.63, 3.8) is 0 Å². The molecule has 2 rings (SSSR count). The predicted molar refractivity (Wildman–Crippen MR) is 77.2 cm³/mol. The number of hydrogen-bond acceptors (Lipinski definition) is 5. The Kier molecular flexibility index (Phi) is 4.56. The van der Waals surface area contributed by atoms with Gasteiger partial charge in [0.25, 0.3) is 0 Å². The molecule has 0 atom stereocenters. The molecule has 1 aromatic heterocycles. The van der Waals surface area contributed by atoms with Crippen molar-refractivity contribution in [2.45, 2.75) is 51.6 Å². The molecule has 5 heteroatoms. The van der Waals surface area contributed by atoms with Crippen molar-refractivity contribution in [2.24, 2.45) is 5.92 Å². The van der Waals surface area contributed by atoms with Crippen LogP contribution in [0.5, 0.6) is 0 Å². The highest BCUT2D eigenvalue weighted by Gasteiger charge is 2.32. The average molecular weight is 274 g/mol. The highest BCUT2D eigenvalue weighted by molar-refractivity contribution is 5.33. The number of anilines is 1. The summed E-state index contributed by atoms with van der Waals surface area (Å²) in [5.41, 5.74) is 0.424. The number of aryl methyl sites for hydroxylation is 1. The van der Waals surface area contributed by atoms with Crippen molar-refractivity contribution in [3.8, 4) is 6.07 Å². The third-order valence-electron chi connectivity index (χ3n) is 4.16. The van der Waals surface area contributed by atoms with E-state index in [0.717, 1.165) is 37.3 Å². The molecular formula is C15H22N4O. The lowest BCUT2D eigenvalue weighted by molar-refractivity contribution is 0.00215. The Hall–Kier alpha value is -1.67. The van der Waals surface area contributed by atoms with Gasteiger partial charge in [-0.3, -0.25) is 0 Å². The van der Waals surface area contributed by atoms with Gasteiger partial charge in [0.2, 0.25) is 5.95 Å². The van der Waals surface area contributed by atoms with E-state index in [-0.39, 0.29) is 0 Å². The van der Waals surface area contributed by atoms with Gasteiger partial charge in [-0.2, -0.15) is 5.26 Å². The van der Waals surface area contributed by atoms with Crippen LogP contribution in [0.3, 0.4) is 0 Å². The largest absolute Gasteiger partial charge is 0.388 e. The van der Waals surface area contributed by atoms with Crippen LogP contribution in [-0.4, -0.2) is 27.2 Å². The Morgan fingerprint density at radius 1 is 1.45 bits per heavy atom. The Labute approximate surface area is 120 Å². The summed E-state index contributed by atoms with van der Waals surface area (Å²) >= 11 is 0. The maximum atomic E-state index is 10.6. The van der Waals surface area contributed by atoms with Gasteiger partial charge in [-0.1, -0.05) is 13.3 Å². The molecule has 0 unspecified atom stereocenters. The molecule has 5 nitrogen and oxygen atoms in total. The van der Waals surface area contributed by atoms with E-state index in [0.29, 0.717) is 18.2 Å². The fraction of sp³-hybridized carbons (Fsp3) is 0.667. The second kappa shape index (κ2) is 6.19. The third kappa shape index (κ3) is 3.67. The minimum atomic E-state index is -0.675. The highest BCUT2D eigenvalue weighted by atomic mass is 16.3. The maximum Gasteiger partial charge on any atom is 0.224 e. The smallest absolute Gasteiger partial charge is 0.224 e. The van der Waals surface area contributed by atoms with Crippen molar-refractivity contribution in [3.05, 3.63) is 17.5 Å². The van der Waals surface area contributed by atoms with Gasteiger partial charge < -0.3 is 10.4 Å². The molecule has 20 heavy (non-hydrogen) atoms. The summed E-state index contributed by atoms with van der Waals surface area (Å²) in [5, 5.41) is 22.5. The first kappa shape index (κ1) is 14.7. The van der Waals surface area contributed by atoms with E-state index >= 15 is 0 Å². The third-order valence-corrected chi connectivity index (χ3v) is 4.16. The molecule has 108 valence electrons. The maximum absolute atomic E-state index is 10.6. The first-order valence-corrected chi connectivity index (χ1v) is 7.27. The molecule has 1 saturated carbocycles. The van der Waals surface area contributed by atoms with Crippen molar-refractivity contribution < 1.29 is 5.11 Å². The zero-order valence-corrected chi connectivity index (χ0v) is 12.2. The van der Waals surface area contributed by atoms with Gasteiger partial charge >= 0.3 is 0 Å². The van der Waals surface area contributed by atoms with Crippen LogP contribution in [-0.2, 0) is 0 Å². The van der Waals surface area contributed by atoms with Crippen LogP contribution >= 0.6 is 0 Å². The number of rotatable bonds is 4. The molecule has 0 saturated heterocycles. The van der Waals surface area contributed by atoms with E-state index in [1.807, 2.05) is 13.0 Å². The molecule has 1 aromatic rings. The molecule has 0 amide bonds. The molecule has 1 aliphatic carbocycles. The molecule has 0 aliphatic heterocycles. The van der Waals surface area contributed by atoms with E-state index in [9.17, 15) is 5.11 Å². The molecule has 1 aliphatic rings. The monoisotopic (exact) mass is 274 g/mol. The molecular weight excluding hydrogens is 252 g/mol. The van der Waals surface area contributed by atoms with Crippen molar-refractivity contribution in [1.29, 1.82) is 5.26 Å². The van der Waals surface area contributed by atoms with Gasteiger partial charge in [0.05, 0.1) is 5.60 Å². The van der Waals surface area contributed by atoms with Gasteiger partial charge in [0, 0.05) is 12.2 Å². The van der Waals surface area contributed by atoms with E-state index in [1.54, 1.807) is 6.07 Å². The number of nitrogens with one attached hydrogen (secondary N) is 1. The summed E-state index contributed by atoms with van der Waals surface area (Å²) < 4.78 is 0. The topological polar surface area (TPSA) is 81.8 Å². The lowest BCUT2D eigenvalue weighted by Crippen LogP contribution is -2.40. The lowest BCUT2D eigenvalue weighted by atomic mass is 9.78. The second-order valence-corrected chi connectivity index (χ2v) is 5.76. The van der Waals surface area contributed by atoms with Crippen LogP contribution in [0.25, 0.3) is 0 Å². The van der Waals surface area contributed by atoms with Crippen molar-refractivity contribution >= 4 is 5.95 Å². The molecule has 1 fully saturated rings. The Morgan fingerprint density at radius 3 is 2.75 bits per heavy atom. The zero-order chi connectivity index (χ0) is 14.6. The van der Waals surface area contributed by atoms with Crippen LogP contribution in [0.4, 0.5) is 5.95 Å². The molecule has 0 spiro atoms. The van der Waals surface area contributed by atoms with Gasteiger partial charge in [-0.15, -0.1) is 0 Å². The number of nitrogens with zero attached hydrogens (tertiary/aromatic N) is 3. The summed E-state index contributed by atoms with van der Waals surface area (Å²) in [7, 11) is 0. The molecule has 0 radical (unpaired) electrons. The van der Waals surface area contributed by atoms with Crippen LogP contribution in [0.2, 0.25) is 0 Å². The highest BCUT2D eigenvalue weighted by Crippen LogP contribution is 2.33. The van der Waals surface area contributed by atoms with E-state index in [2.05, 4.69) is 22.2 Å². The van der Waals surface area contributed by atoms with Crippen LogP contribution in [0.15, 0.2) is 6.07 Å². The molecule has 1 heterocycles. The Balaban J connectivity index is 1.95. The van der Waals surface area contributed by atoms with Gasteiger partial charge in [0.15, 0.2) is 0 Å².